The van der Waals surface area contributed by atoms with E-state index in [-0.39, 0.29) is 12.0 Å². The molecule has 0 aliphatic carbocycles. The lowest BCUT2D eigenvalue weighted by molar-refractivity contribution is -0.145. The first-order chi connectivity index (χ1) is 7.15. The lowest BCUT2D eigenvalue weighted by Gasteiger charge is -2.33. The molecule has 1 atom stereocenters. The predicted molar refractivity (Wildman–Crippen MR) is 62.6 cm³/mol. The molecule has 0 aromatic carbocycles. The summed E-state index contributed by atoms with van der Waals surface area (Å²) in [5, 5.41) is 0. The molecule has 0 aromatic heterocycles. The molecule has 1 aliphatic rings. The lowest BCUT2D eigenvalue weighted by Crippen LogP contribution is -2.49. The number of nitrogens with two attached hydrogens (primary N) is 1. The van der Waals surface area contributed by atoms with Crippen molar-refractivity contribution in [2.75, 3.05) is 19.7 Å². The maximum atomic E-state index is 11.3. The van der Waals surface area contributed by atoms with Crippen molar-refractivity contribution in [3.8, 4) is 0 Å². The highest BCUT2D eigenvalue weighted by molar-refractivity contribution is 7.80. The predicted octanol–water partition coefficient (Wildman–Crippen LogP) is 0.690. The van der Waals surface area contributed by atoms with Gasteiger partial charge in [-0.1, -0.05) is 18.6 Å². The van der Waals surface area contributed by atoms with Crippen molar-refractivity contribution in [3.05, 3.63) is 0 Å². The second-order valence-corrected chi connectivity index (χ2v) is 4.16. The second-order valence-electron chi connectivity index (χ2n) is 3.69. The summed E-state index contributed by atoms with van der Waals surface area (Å²) < 4.78 is 4.91. The smallest absolute Gasteiger partial charge is 0.320 e. The molecule has 4 nitrogen and oxygen atoms in total. The van der Waals surface area contributed by atoms with Crippen LogP contribution in [0.4, 0.5) is 0 Å². The maximum Gasteiger partial charge on any atom is 0.320 e. The topological polar surface area (TPSA) is 55.6 Å². The molecule has 0 spiro atoms. The molecule has 1 aliphatic heterocycles. The van der Waals surface area contributed by atoms with Crippen LogP contribution in [0.3, 0.4) is 0 Å². The largest absolute Gasteiger partial charge is 0.465 e. The van der Waals surface area contributed by atoms with Crippen LogP contribution in [0.5, 0.6) is 0 Å². The van der Waals surface area contributed by atoms with Gasteiger partial charge < -0.3 is 10.5 Å². The van der Waals surface area contributed by atoms with Crippen LogP contribution in [0.1, 0.15) is 26.2 Å². The summed E-state index contributed by atoms with van der Waals surface area (Å²) in [5.74, 6) is -0.194. The fraction of sp³-hybridized carbons (Fsp3) is 0.800. The summed E-state index contributed by atoms with van der Waals surface area (Å²) in [4.78, 5) is 13.8. The summed E-state index contributed by atoms with van der Waals surface area (Å²) in [5.41, 5.74) is 5.64. The van der Waals surface area contributed by atoms with E-state index in [1.165, 1.54) is 0 Å². The second kappa shape index (κ2) is 6.02. The van der Waals surface area contributed by atoms with E-state index in [0.29, 0.717) is 18.1 Å². The first-order valence-electron chi connectivity index (χ1n) is 5.34. The van der Waals surface area contributed by atoms with Crippen LogP contribution < -0.4 is 5.73 Å². The molecular weight excluding hydrogens is 212 g/mol. The monoisotopic (exact) mass is 230 g/mol. The highest BCUT2D eigenvalue weighted by Gasteiger charge is 2.26. The van der Waals surface area contributed by atoms with Crippen molar-refractivity contribution in [1.29, 1.82) is 0 Å². The van der Waals surface area contributed by atoms with Gasteiger partial charge >= 0.3 is 5.97 Å². The third-order valence-electron chi connectivity index (χ3n) is 2.58. The van der Waals surface area contributed by atoms with Crippen LogP contribution in [0.15, 0.2) is 0 Å². The van der Waals surface area contributed by atoms with Gasteiger partial charge in [-0.05, 0) is 26.3 Å². The van der Waals surface area contributed by atoms with Gasteiger partial charge in [0.05, 0.1) is 24.2 Å². The molecule has 86 valence electrons. The van der Waals surface area contributed by atoms with Crippen LogP contribution in [-0.4, -0.2) is 41.6 Å². The zero-order valence-corrected chi connectivity index (χ0v) is 9.89. The van der Waals surface area contributed by atoms with E-state index < -0.39 is 0 Å². The van der Waals surface area contributed by atoms with Crippen molar-refractivity contribution >= 4 is 23.2 Å². The van der Waals surface area contributed by atoms with Gasteiger partial charge in [0.15, 0.2) is 0 Å². The van der Waals surface area contributed by atoms with Crippen LogP contribution in [0.2, 0.25) is 0 Å². The zero-order valence-electron chi connectivity index (χ0n) is 9.07. The quantitative estimate of drug-likeness (QED) is 0.569. The number of likely N-dealkylation sites (tertiary alicyclic amines) is 1. The number of ether oxygens (including phenoxy) is 1. The van der Waals surface area contributed by atoms with Crippen LogP contribution >= 0.6 is 12.2 Å². The number of piperidine rings is 1. The Balaban J connectivity index is 2.49. The molecule has 1 saturated heterocycles. The van der Waals surface area contributed by atoms with Crippen molar-refractivity contribution in [1.82, 2.24) is 4.90 Å². The molecule has 0 amide bonds. The van der Waals surface area contributed by atoms with Crippen molar-refractivity contribution in [2.45, 2.75) is 32.2 Å². The number of rotatable bonds is 4. The molecule has 0 aromatic rings. The Morgan fingerprint density at radius 2 is 2.33 bits per heavy atom. The molecule has 5 heteroatoms. The fourth-order valence-corrected chi connectivity index (χ4v) is 2.14. The molecule has 1 unspecified atom stereocenters. The number of hydrogen-bond acceptors (Lipinski definition) is 4. The van der Waals surface area contributed by atoms with Gasteiger partial charge in [0, 0.05) is 0 Å². The number of carbonyl (C=O) groups is 1. The van der Waals surface area contributed by atoms with Crippen LogP contribution in [0, 0.1) is 0 Å². The highest BCUT2D eigenvalue weighted by Crippen LogP contribution is 2.16. The van der Waals surface area contributed by atoms with Gasteiger partial charge in [0.2, 0.25) is 0 Å². The van der Waals surface area contributed by atoms with Crippen molar-refractivity contribution in [3.63, 3.8) is 0 Å². The summed E-state index contributed by atoms with van der Waals surface area (Å²) in [6.07, 6.45) is 3.18. The fourth-order valence-electron chi connectivity index (χ4n) is 1.87. The molecule has 0 radical (unpaired) electrons. The highest BCUT2D eigenvalue weighted by atomic mass is 32.1. The minimum absolute atomic E-state index is 0.0677. The zero-order chi connectivity index (χ0) is 11.3. The Morgan fingerprint density at radius 1 is 1.60 bits per heavy atom. The summed E-state index contributed by atoms with van der Waals surface area (Å²) >= 11 is 4.99. The molecule has 15 heavy (non-hydrogen) atoms. The number of hydrogen-bond donors (Lipinski definition) is 1. The average Bonchev–Trinajstić information content (AvgIpc) is 2.18. The van der Waals surface area contributed by atoms with E-state index >= 15 is 0 Å². The number of nitrogens with zero attached hydrogens (tertiary/aromatic N) is 1. The Hall–Kier alpha value is -0.680. The molecule has 1 heterocycles. The van der Waals surface area contributed by atoms with E-state index in [9.17, 15) is 4.79 Å². The number of esters is 1. The van der Waals surface area contributed by atoms with E-state index in [2.05, 4.69) is 0 Å². The van der Waals surface area contributed by atoms with E-state index in [1.54, 1.807) is 6.92 Å². The first-order valence-corrected chi connectivity index (χ1v) is 5.75. The summed E-state index contributed by atoms with van der Waals surface area (Å²) in [6, 6.07) is 0.0677. The Kier molecular flexibility index (Phi) is 4.98. The molecule has 0 bridgehead atoms. The Labute approximate surface area is 95.8 Å². The van der Waals surface area contributed by atoms with E-state index in [4.69, 9.17) is 22.7 Å². The van der Waals surface area contributed by atoms with Gasteiger partial charge in [0.25, 0.3) is 0 Å². The van der Waals surface area contributed by atoms with Gasteiger partial charge in [-0.15, -0.1) is 0 Å². The van der Waals surface area contributed by atoms with Gasteiger partial charge in [0.1, 0.15) is 0 Å². The molecule has 1 rings (SSSR count). The molecule has 1 fully saturated rings. The Morgan fingerprint density at radius 3 is 2.93 bits per heavy atom. The summed E-state index contributed by atoms with van der Waals surface area (Å²) in [6.45, 7) is 3.40. The molecule has 2 N–H and O–H groups in total. The van der Waals surface area contributed by atoms with Crippen molar-refractivity contribution < 1.29 is 9.53 Å². The van der Waals surface area contributed by atoms with Crippen LogP contribution in [0.25, 0.3) is 0 Å². The van der Waals surface area contributed by atoms with Gasteiger partial charge in [-0.2, -0.15) is 0 Å². The third-order valence-corrected chi connectivity index (χ3v) is 2.85. The SMILES string of the molecule is CCOC(=O)CN1CCCCC1C(N)=S. The molecular formula is C10H18N2O2S. The average molecular weight is 230 g/mol. The standard InChI is InChI=1S/C10H18N2O2S/c1-2-14-9(13)7-12-6-4-3-5-8(12)10(11)15/h8H,2-7H2,1H3,(H2,11,15). The van der Waals surface area contributed by atoms with Crippen molar-refractivity contribution in [2.24, 2.45) is 5.73 Å². The lowest BCUT2D eigenvalue weighted by atomic mass is 10.0. The number of thiocarbonyl (C=S) groups is 1. The minimum Gasteiger partial charge on any atom is -0.465 e. The maximum absolute atomic E-state index is 11.3. The van der Waals surface area contributed by atoms with Crippen LogP contribution in [-0.2, 0) is 9.53 Å². The normalized spacial score (nSPS) is 22.3. The van der Waals surface area contributed by atoms with Gasteiger partial charge in [-0.3, -0.25) is 9.69 Å². The molecule has 0 saturated carbocycles. The minimum atomic E-state index is -0.194. The van der Waals surface area contributed by atoms with E-state index in [0.717, 1.165) is 25.8 Å². The number of carbonyl (C=O) groups excluding carboxylic acids is 1. The Bertz CT molecular complexity index is 246. The van der Waals surface area contributed by atoms with E-state index in [1.807, 2.05) is 4.90 Å². The first kappa shape index (κ1) is 12.4. The summed E-state index contributed by atoms with van der Waals surface area (Å²) in [7, 11) is 0. The third kappa shape index (κ3) is 3.76. The van der Waals surface area contributed by atoms with Gasteiger partial charge in [-0.25, -0.2) is 0 Å².